The molecular formula is C16H21N3O. The third-order valence-electron chi connectivity index (χ3n) is 3.00. The normalized spacial score (nSPS) is 10.1. The topological polar surface area (TPSA) is 45.3 Å². The van der Waals surface area contributed by atoms with Crippen molar-refractivity contribution in [3.8, 4) is 0 Å². The number of hydrogen-bond acceptors (Lipinski definition) is 4. The van der Waals surface area contributed by atoms with Crippen LogP contribution >= 0.6 is 0 Å². The molecule has 4 heteroatoms. The van der Waals surface area contributed by atoms with Crippen molar-refractivity contribution in [3.63, 3.8) is 0 Å². The van der Waals surface area contributed by atoms with Gasteiger partial charge in [0.05, 0.1) is 6.67 Å². The van der Waals surface area contributed by atoms with Gasteiger partial charge in [0.15, 0.2) is 0 Å². The Hall–Kier alpha value is -2.20. The number of methoxy groups -OCH3 is 1. The highest BCUT2D eigenvalue weighted by Crippen LogP contribution is 2.20. The standard InChI is InChI=1S/C16H21N3O/c1-13-8-9-15(10-16(13)19-12-20-2)18-11-17-14-6-4-3-5-7-14/h3-10,17-19H,11-12H2,1-2H3. The zero-order valence-electron chi connectivity index (χ0n) is 11.9. The maximum Gasteiger partial charge on any atom is 0.116 e. The molecule has 0 saturated heterocycles. The van der Waals surface area contributed by atoms with E-state index >= 15 is 0 Å². The molecule has 0 radical (unpaired) electrons. The fourth-order valence-electron chi connectivity index (χ4n) is 1.88. The number of rotatable bonds is 7. The van der Waals surface area contributed by atoms with Crippen LogP contribution < -0.4 is 16.0 Å². The molecule has 0 heterocycles. The summed E-state index contributed by atoms with van der Waals surface area (Å²) in [5.41, 5.74) is 4.45. The fraction of sp³-hybridized carbons (Fsp3) is 0.250. The van der Waals surface area contributed by atoms with Crippen LogP contribution in [0, 0.1) is 6.92 Å². The molecule has 2 aromatic carbocycles. The highest BCUT2D eigenvalue weighted by molar-refractivity contribution is 5.61. The van der Waals surface area contributed by atoms with Crippen molar-refractivity contribution in [2.75, 3.05) is 36.5 Å². The number of para-hydroxylation sites is 1. The van der Waals surface area contributed by atoms with Gasteiger partial charge in [0, 0.05) is 24.2 Å². The first-order valence-corrected chi connectivity index (χ1v) is 6.66. The van der Waals surface area contributed by atoms with Crippen LogP contribution in [-0.2, 0) is 4.74 Å². The molecule has 0 aliphatic carbocycles. The van der Waals surface area contributed by atoms with E-state index in [4.69, 9.17) is 4.74 Å². The second-order valence-corrected chi connectivity index (χ2v) is 4.54. The summed E-state index contributed by atoms with van der Waals surface area (Å²) in [6, 6.07) is 16.4. The highest BCUT2D eigenvalue weighted by atomic mass is 16.5. The molecule has 0 fully saturated rings. The van der Waals surface area contributed by atoms with Crippen LogP contribution in [0.25, 0.3) is 0 Å². The summed E-state index contributed by atoms with van der Waals surface area (Å²) >= 11 is 0. The largest absolute Gasteiger partial charge is 0.368 e. The van der Waals surface area contributed by atoms with Crippen LogP contribution in [0.2, 0.25) is 0 Å². The molecule has 0 aliphatic rings. The van der Waals surface area contributed by atoms with E-state index in [1.807, 2.05) is 30.3 Å². The molecule has 0 aromatic heterocycles. The van der Waals surface area contributed by atoms with E-state index in [2.05, 4.69) is 41.1 Å². The van der Waals surface area contributed by atoms with E-state index in [9.17, 15) is 0 Å². The number of aryl methyl sites for hydroxylation is 1. The molecule has 0 aliphatic heterocycles. The van der Waals surface area contributed by atoms with Gasteiger partial charge in [-0.1, -0.05) is 24.3 Å². The van der Waals surface area contributed by atoms with Gasteiger partial charge in [-0.05, 0) is 36.8 Å². The van der Waals surface area contributed by atoms with E-state index in [0.29, 0.717) is 13.4 Å². The predicted octanol–water partition coefficient (Wildman–Crippen LogP) is 3.49. The number of benzene rings is 2. The monoisotopic (exact) mass is 271 g/mol. The first kappa shape index (κ1) is 14.2. The third-order valence-corrected chi connectivity index (χ3v) is 3.00. The second-order valence-electron chi connectivity index (χ2n) is 4.54. The quantitative estimate of drug-likeness (QED) is 0.675. The lowest BCUT2D eigenvalue weighted by Crippen LogP contribution is -2.12. The van der Waals surface area contributed by atoms with Gasteiger partial charge in [0.25, 0.3) is 0 Å². The molecule has 2 aromatic rings. The maximum absolute atomic E-state index is 5.04. The fourth-order valence-corrected chi connectivity index (χ4v) is 1.88. The van der Waals surface area contributed by atoms with Crippen LogP contribution in [-0.4, -0.2) is 20.5 Å². The van der Waals surface area contributed by atoms with Gasteiger partial charge in [0.2, 0.25) is 0 Å². The van der Waals surface area contributed by atoms with Crippen molar-refractivity contribution >= 4 is 17.1 Å². The molecule has 20 heavy (non-hydrogen) atoms. The molecule has 2 rings (SSSR count). The number of anilines is 3. The second kappa shape index (κ2) is 7.40. The van der Waals surface area contributed by atoms with Crippen LogP contribution in [0.1, 0.15) is 5.56 Å². The lowest BCUT2D eigenvalue weighted by Gasteiger charge is -2.13. The number of ether oxygens (including phenoxy) is 1. The van der Waals surface area contributed by atoms with Crippen LogP contribution in [0.3, 0.4) is 0 Å². The van der Waals surface area contributed by atoms with Crippen molar-refractivity contribution in [1.82, 2.24) is 0 Å². The van der Waals surface area contributed by atoms with Crippen LogP contribution in [0.5, 0.6) is 0 Å². The average Bonchev–Trinajstić information content (AvgIpc) is 2.49. The Balaban J connectivity index is 1.89. The maximum atomic E-state index is 5.04. The first-order valence-electron chi connectivity index (χ1n) is 6.66. The molecule has 0 amide bonds. The molecule has 0 atom stereocenters. The lowest BCUT2D eigenvalue weighted by molar-refractivity contribution is 0.221. The smallest absolute Gasteiger partial charge is 0.116 e. The van der Waals surface area contributed by atoms with Crippen molar-refractivity contribution in [1.29, 1.82) is 0 Å². The molecular weight excluding hydrogens is 250 g/mol. The molecule has 0 bridgehead atoms. The summed E-state index contributed by atoms with van der Waals surface area (Å²) in [4.78, 5) is 0. The van der Waals surface area contributed by atoms with Gasteiger partial charge in [-0.25, -0.2) is 0 Å². The minimum atomic E-state index is 0.507. The van der Waals surface area contributed by atoms with Gasteiger partial charge in [0.1, 0.15) is 6.73 Å². The molecule has 0 saturated carbocycles. The van der Waals surface area contributed by atoms with Crippen molar-refractivity contribution in [3.05, 3.63) is 54.1 Å². The summed E-state index contributed by atoms with van der Waals surface area (Å²) in [6.07, 6.45) is 0. The van der Waals surface area contributed by atoms with E-state index in [-0.39, 0.29) is 0 Å². The Morgan fingerprint density at radius 1 is 0.900 bits per heavy atom. The van der Waals surface area contributed by atoms with Gasteiger partial charge in [-0.2, -0.15) is 0 Å². The Bertz CT molecular complexity index is 529. The highest BCUT2D eigenvalue weighted by Gasteiger charge is 1.99. The SMILES string of the molecule is COCNc1cc(NCNc2ccccc2)ccc1C. The van der Waals surface area contributed by atoms with Gasteiger partial charge in [-0.3, -0.25) is 0 Å². The number of nitrogens with one attached hydrogen (secondary N) is 3. The Morgan fingerprint density at radius 3 is 2.40 bits per heavy atom. The van der Waals surface area contributed by atoms with Crippen LogP contribution in [0.15, 0.2) is 48.5 Å². The van der Waals surface area contributed by atoms with Gasteiger partial charge in [-0.15, -0.1) is 0 Å². The molecule has 3 N–H and O–H groups in total. The minimum absolute atomic E-state index is 0.507. The Morgan fingerprint density at radius 2 is 1.65 bits per heavy atom. The van der Waals surface area contributed by atoms with E-state index < -0.39 is 0 Å². The van der Waals surface area contributed by atoms with Gasteiger partial charge < -0.3 is 20.7 Å². The van der Waals surface area contributed by atoms with Crippen molar-refractivity contribution < 1.29 is 4.74 Å². The molecule has 0 spiro atoms. The summed E-state index contributed by atoms with van der Waals surface area (Å²) in [6.45, 7) is 3.26. The minimum Gasteiger partial charge on any atom is -0.368 e. The predicted molar refractivity (Wildman–Crippen MR) is 85.2 cm³/mol. The summed E-state index contributed by atoms with van der Waals surface area (Å²) in [5.74, 6) is 0. The zero-order valence-corrected chi connectivity index (χ0v) is 11.9. The average molecular weight is 271 g/mol. The molecule has 4 nitrogen and oxygen atoms in total. The number of hydrogen-bond donors (Lipinski definition) is 3. The van der Waals surface area contributed by atoms with E-state index in [1.54, 1.807) is 7.11 Å². The lowest BCUT2D eigenvalue weighted by atomic mass is 10.2. The summed E-state index contributed by atoms with van der Waals surface area (Å²) in [7, 11) is 1.67. The van der Waals surface area contributed by atoms with Gasteiger partial charge >= 0.3 is 0 Å². The van der Waals surface area contributed by atoms with Crippen molar-refractivity contribution in [2.45, 2.75) is 6.92 Å². The van der Waals surface area contributed by atoms with E-state index in [1.165, 1.54) is 5.56 Å². The molecule has 0 unspecified atom stereocenters. The summed E-state index contributed by atoms with van der Waals surface area (Å²) < 4.78 is 5.04. The van der Waals surface area contributed by atoms with Crippen molar-refractivity contribution in [2.24, 2.45) is 0 Å². The Kier molecular flexibility index (Phi) is 5.26. The zero-order chi connectivity index (χ0) is 14.2. The first-order chi connectivity index (χ1) is 9.79. The van der Waals surface area contributed by atoms with E-state index in [0.717, 1.165) is 17.1 Å². The van der Waals surface area contributed by atoms with Crippen LogP contribution in [0.4, 0.5) is 17.1 Å². The third kappa shape index (κ3) is 4.17. The Labute approximate surface area is 120 Å². The molecule has 106 valence electrons. The summed E-state index contributed by atoms with van der Waals surface area (Å²) in [5, 5.41) is 9.89.